The van der Waals surface area contributed by atoms with Crippen LogP contribution in [0.1, 0.15) is 102 Å². The van der Waals surface area contributed by atoms with E-state index in [-0.39, 0.29) is 43.4 Å². The third-order valence-electron chi connectivity index (χ3n) is 12.5. The molecule has 0 spiro atoms. The number of cyclic esters (lactones) is 1. The maximum absolute atomic E-state index is 14.2. The number of likely N-dealkylation sites (N-methyl/N-ethyl adjacent to an activating group) is 1. The summed E-state index contributed by atoms with van der Waals surface area (Å²) in [6, 6.07) is -0.659. The normalized spacial score (nSPS) is 49.7. The van der Waals surface area contributed by atoms with Gasteiger partial charge in [0.25, 0.3) is 0 Å². The molecule has 3 aliphatic rings. The van der Waals surface area contributed by atoms with Gasteiger partial charge in [0.1, 0.15) is 23.9 Å². The monoisotopic (exact) mass is 763 g/mol. The predicted octanol–water partition coefficient (Wildman–Crippen LogP) is 2.19. The van der Waals surface area contributed by atoms with E-state index in [4.69, 9.17) is 28.4 Å². The Morgan fingerprint density at radius 1 is 0.906 bits per heavy atom. The van der Waals surface area contributed by atoms with Gasteiger partial charge in [-0.05, 0) is 87.4 Å². The average Bonchev–Trinajstić information content (AvgIpc) is 3.08. The Bertz CT molecular complexity index is 1160. The third-order valence-corrected chi connectivity index (χ3v) is 12.5. The number of carbonyl (C=O) groups is 1. The standard InChI is InChI=1S/C39H74N2O12/c1-15-27-39(11,47)32(43)22(5)29(40-16-2)20(3)18-37(9,46)34(53-36-30(42)26(41(12)13)17-21(4)49-36)23(6)31(24(7)35(45)51-27)52-28-19-38(10,48-14)33(44)25(8)50-28/h20-34,36,40,42-44,46-47H,15-19H2,1-14H3/t20-,21-,22+,23+,24-,25+,26+,27-,28+,29?,30-,31+,32-,33+,34?,36+,37-,38-,39-/m1/s1. The summed E-state index contributed by atoms with van der Waals surface area (Å²) < 4.78 is 37.7. The fourth-order valence-electron chi connectivity index (χ4n) is 9.23. The minimum atomic E-state index is -1.82. The summed E-state index contributed by atoms with van der Waals surface area (Å²) in [7, 11) is 5.28. The van der Waals surface area contributed by atoms with Gasteiger partial charge in [-0.1, -0.05) is 34.6 Å². The minimum Gasteiger partial charge on any atom is -0.459 e. The van der Waals surface area contributed by atoms with E-state index in [2.05, 4.69) is 5.32 Å². The van der Waals surface area contributed by atoms with Crippen molar-refractivity contribution in [1.29, 1.82) is 0 Å². The highest BCUT2D eigenvalue weighted by atomic mass is 16.7. The van der Waals surface area contributed by atoms with Gasteiger partial charge in [-0.25, -0.2) is 0 Å². The molecule has 0 aromatic rings. The number of nitrogens with zero attached hydrogens (tertiary/aromatic N) is 1. The lowest BCUT2D eigenvalue weighted by atomic mass is 9.72. The fraction of sp³-hybridized carbons (Fsp3) is 0.974. The summed E-state index contributed by atoms with van der Waals surface area (Å²) in [5.41, 5.74) is -4.45. The SMILES string of the molecule is CCNC1[C@H](C)C[C@@](C)(O)C(O[C@@H]2O[C@H](C)C[C@H](N(C)C)[C@H]2O)[C@@H](C)[C@H](O[C@H]2C[C@@](C)(OC)[C@@H](O)[C@H](C)O2)[C@@H](C)C(=O)O[C@H](CC)[C@@](C)(O)[C@H](O)[C@H]1C. The van der Waals surface area contributed by atoms with E-state index in [1.54, 1.807) is 34.6 Å². The largest absolute Gasteiger partial charge is 0.459 e. The quantitative estimate of drug-likeness (QED) is 0.188. The second-order valence-corrected chi connectivity index (χ2v) is 17.3. The molecule has 0 bridgehead atoms. The number of methoxy groups -OCH3 is 1. The Morgan fingerprint density at radius 2 is 1.53 bits per heavy atom. The molecule has 3 heterocycles. The predicted molar refractivity (Wildman–Crippen MR) is 199 cm³/mol. The molecule has 3 rings (SSSR count). The molecule has 6 N–H and O–H groups in total. The highest BCUT2D eigenvalue weighted by Gasteiger charge is 2.53. The van der Waals surface area contributed by atoms with E-state index in [1.807, 2.05) is 53.6 Å². The first-order chi connectivity index (χ1) is 24.5. The lowest BCUT2D eigenvalue weighted by Crippen LogP contribution is -2.62. The van der Waals surface area contributed by atoms with Crippen LogP contribution in [-0.4, -0.2) is 154 Å². The molecular weight excluding hydrogens is 688 g/mol. The van der Waals surface area contributed by atoms with Crippen LogP contribution in [0.5, 0.6) is 0 Å². The Balaban J connectivity index is 2.21. The second-order valence-electron chi connectivity index (χ2n) is 17.3. The van der Waals surface area contributed by atoms with Gasteiger partial charge in [-0.3, -0.25) is 4.79 Å². The molecule has 0 saturated carbocycles. The molecule has 312 valence electrons. The van der Waals surface area contributed by atoms with Gasteiger partial charge < -0.3 is 64.2 Å². The molecule has 3 fully saturated rings. The molecule has 0 aromatic carbocycles. The number of ether oxygens (including phenoxy) is 6. The number of esters is 1. The first-order valence-corrected chi connectivity index (χ1v) is 19.7. The van der Waals surface area contributed by atoms with Crippen molar-refractivity contribution in [2.24, 2.45) is 23.7 Å². The van der Waals surface area contributed by atoms with Crippen molar-refractivity contribution in [3.8, 4) is 0 Å². The van der Waals surface area contributed by atoms with Crippen molar-refractivity contribution in [2.45, 2.75) is 192 Å². The van der Waals surface area contributed by atoms with Crippen LogP contribution in [-0.2, 0) is 33.2 Å². The summed E-state index contributed by atoms with van der Waals surface area (Å²) in [5.74, 6) is -3.25. The maximum atomic E-state index is 14.2. The molecule has 3 aliphatic heterocycles. The van der Waals surface area contributed by atoms with Crippen molar-refractivity contribution < 1.29 is 58.7 Å². The van der Waals surface area contributed by atoms with E-state index >= 15 is 0 Å². The van der Waals surface area contributed by atoms with Gasteiger partial charge >= 0.3 is 5.97 Å². The van der Waals surface area contributed by atoms with Crippen LogP contribution >= 0.6 is 0 Å². The van der Waals surface area contributed by atoms with Crippen LogP contribution in [0, 0.1) is 23.7 Å². The van der Waals surface area contributed by atoms with E-state index in [1.165, 1.54) is 14.0 Å². The maximum Gasteiger partial charge on any atom is 0.311 e. The molecule has 0 amide bonds. The smallest absolute Gasteiger partial charge is 0.311 e. The van der Waals surface area contributed by atoms with Crippen LogP contribution in [0.2, 0.25) is 0 Å². The van der Waals surface area contributed by atoms with Gasteiger partial charge in [-0.15, -0.1) is 0 Å². The summed E-state index contributed by atoms with van der Waals surface area (Å²) in [5, 5.41) is 62.2. The molecule has 0 radical (unpaired) electrons. The molecule has 19 atom stereocenters. The number of nitrogens with one attached hydrogen (secondary N) is 1. The number of rotatable bonds is 9. The average molecular weight is 763 g/mol. The Morgan fingerprint density at radius 3 is 2.08 bits per heavy atom. The van der Waals surface area contributed by atoms with Gasteiger partial charge in [0, 0.05) is 37.5 Å². The van der Waals surface area contributed by atoms with Gasteiger partial charge in [0.05, 0.1) is 47.6 Å². The van der Waals surface area contributed by atoms with Crippen LogP contribution in [0.4, 0.5) is 0 Å². The molecule has 2 unspecified atom stereocenters. The number of hydrogen-bond acceptors (Lipinski definition) is 14. The van der Waals surface area contributed by atoms with E-state index in [0.29, 0.717) is 13.0 Å². The van der Waals surface area contributed by atoms with Crippen LogP contribution in [0.25, 0.3) is 0 Å². The van der Waals surface area contributed by atoms with Crippen LogP contribution < -0.4 is 5.32 Å². The second kappa shape index (κ2) is 18.5. The summed E-state index contributed by atoms with van der Waals surface area (Å²) >= 11 is 0. The topological polar surface area (TPSA) is 189 Å². The molecule has 0 aliphatic carbocycles. The van der Waals surface area contributed by atoms with Crippen molar-refractivity contribution in [2.75, 3.05) is 27.7 Å². The minimum absolute atomic E-state index is 0.131. The lowest BCUT2D eigenvalue weighted by molar-refractivity contribution is -0.318. The molecular formula is C39H74N2O12. The van der Waals surface area contributed by atoms with Gasteiger partial charge in [0.15, 0.2) is 12.6 Å². The van der Waals surface area contributed by atoms with Gasteiger partial charge in [0.2, 0.25) is 0 Å². The molecule has 14 heteroatoms. The van der Waals surface area contributed by atoms with Crippen LogP contribution in [0.15, 0.2) is 0 Å². The highest BCUT2D eigenvalue weighted by Crippen LogP contribution is 2.41. The summed E-state index contributed by atoms with van der Waals surface area (Å²) in [6.07, 6.45) is -8.36. The zero-order valence-corrected chi connectivity index (χ0v) is 34.8. The number of aliphatic hydroxyl groups is 5. The number of aliphatic hydroxyl groups excluding tert-OH is 3. The molecule has 14 nitrogen and oxygen atoms in total. The van der Waals surface area contributed by atoms with E-state index in [9.17, 15) is 30.3 Å². The van der Waals surface area contributed by atoms with Crippen molar-refractivity contribution >= 4 is 5.97 Å². The zero-order valence-electron chi connectivity index (χ0n) is 34.8. The number of carbonyl (C=O) groups excluding carboxylic acids is 1. The molecule has 53 heavy (non-hydrogen) atoms. The van der Waals surface area contributed by atoms with Crippen molar-refractivity contribution in [1.82, 2.24) is 10.2 Å². The molecule has 3 saturated heterocycles. The Kier molecular flexibility index (Phi) is 16.2. The number of hydrogen-bond donors (Lipinski definition) is 6. The highest BCUT2D eigenvalue weighted by molar-refractivity contribution is 5.73. The lowest BCUT2D eigenvalue weighted by Gasteiger charge is -2.49. The Hall–Kier alpha value is -1.01. The summed E-state index contributed by atoms with van der Waals surface area (Å²) in [4.78, 5) is 16.2. The zero-order chi connectivity index (χ0) is 40.4. The van der Waals surface area contributed by atoms with Crippen LogP contribution in [0.3, 0.4) is 0 Å². The molecule has 0 aromatic heterocycles. The first kappa shape index (κ1) is 46.4. The van der Waals surface area contributed by atoms with E-state index < -0.39 is 95.8 Å². The third kappa shape index (κ3) is 10.3. The van der Waals surface area contributed by atoms with E-state index in [0.717, 1.165) is 0 Å². The Labute approximate surface area is 318 Å². The first-order valence-electron chi connectivity index (χ1n) is 19.7. The summed E-state index contributed by atoms with van der Waals surface area (Å²) in [6.45, 7) is 20.1. The fourth-order valence-corrected chi connectivity index (χ4v) is 9.23. The van der Waals surface area contributed by atoms with Crippen molar-refractivity contribution in [3.05, 3.63) is 0 Å². The van der Waals surface area contributed by atoms with Crippen molar-refractivity contribution in [3.63, 3.8) is 0 Å². The van der Waals surface area contributed by atoms with Gasteiger partial charge in [-0.2, -0.15) is 0 Å².